The number of aromatic nitrogens is 1. The van der Waals surface area contributed by atoms with Gasteiger partial charge in [0.05, 0.1) is 0 Å². The lowest BCUT2D eigenvalue weighted by Crippen LogP contribution is -1.80. The van der Waals surface area contributed by atoms with Gasteiger partial charge in [0.15, 0.2) is 0 Å². The maximum atomic E-state index is 5.54. The van der Waals surface area contributed by atoms with Crippen molar-refractivity contribution in [3.8, 4) is 0 Å². The van der Waals surface area contributed by atoms with Gasteiger partial charge >= 0.3 is 0 Å². The van der Waals surface area contributed by atoms with Crippen LogP contribution < -0.4 is 5.73 Å². The molecule has 3 N–H and O–H groups in total. The monoisotopic (exact) mass is 162 g/mol. The highest BCUT2D eigenvalue weighted by atomic mass is 14.8. The van der Waals surface area contributed by atoms with Gasteiger partial charge in [0.25, 0.3) is 0 Å². The third kappa shape index (κ3) is 1.59. The number of hydrogen-bond donors (Lipinski definition) is 2. The van der Waals surface area contributed by atoms with E-state index in [4.69, 9.17) is 5.73 Å². The number of fused-ring (bicyclic) bond motifs is 1. The van der Waals surface area contributed by atoms with Crippen LogP contribution in [-0.4, -0.2) is 4.98 Å². The quantitative estimate of drug-likeness (QED) is 0.614. The van der Waals surface area contributed by atoms with Crippen molar-refractivity contribution in [1.82, 2.24) is 4.98 Å². The van der Waals surface area contributed by atoms with E-state index < -0.39 is 0 Å². The molecule has 1 aromatic heterocycles. The number of aromatic amines is 1. The van der Waals surface area contributed by atoms with Gasteiger partial charge in [-0.2, -0.15) is 0 Å². The molecule has 2 rings (SSSR count). The van der Waals surface area contributed by atoms with Crippen molar-refractivity contribution in [1.29, 1.82) is 0 Å². The van der Waals surface area contributed by atoms with Gasteiger partial charge in [-0.25, -0.2) is 0 Å². The Balaban J connectivity index is 0.000000336. The van der Waals surface area contributed by atoms with Crippen LogP contribution in [0.4, 0.5) is 5.82 Å². The Bertz CT molecular complexity index is 316. The second-order valence-electron chi connectivity index (χ2n) is 2.31. The summed E-state index contributed by atoms with van der Waals surface area (Å²) in [5.41, 5.74) is 6.63. The zero-order chi connectivity index (χ0) is 8.97. The lowest BCUT2D eigenvalue weighted by atomic mass is 10.3. The summed E-state index contributed by atoms with van der Waals surface area (Å²) in [6.07, 6.45) is 0. The molecule has 0 aliphatic rings. The lowest BCUT2D eigenvalue weighted by molar-refractivity contribution is 1.47. The molecule has 1 aromatic carbocycles. The van der Waals surface area contributed by atoms with Crippen molar-refractivity contribution in [2.45, 2.75) is 13.8 Å². The molecular weight excluding hydrogens is 148 g/mol. The summed E-state index contributed by atoms with van der Waals surface area (Å²) in [5.74, 6) is 0.723. The van der Waals surface area contributed by atoms with Gasteiger partial charge in [0.1, 0.15) is 5.82 Å². The molecule has 0 fully saturated rings. The molecule has 2 aromatic rings. The van der Waals surface area contributed by atoms with Gasteiger partial charge in [-0.1, -0.05) is 32.0 Å². The van der Waals surface area contributed by atoms with E-state index in [2.05, 4.69) is 4.98 Å². The van der Waals surface area contributed by atoms with Gasteiger partial charge in [-0.3, -0.25) is 0 Å². The fraction of sp³-hybridized carbons (Fsp3) is 0.200. The molecule has 0 atom stereocenters. The second kappa shape index (κ2) is 3.81. The van der Waals surface area contributed by atoms with Crippen LogP contribution in [0.15, 0.2) is 30.3 Å². The lowest BCUT2D eigenvalue weighted by Gasteiger charge is -1.83. The number of anilines is 1. The van der Waals surface area contributed by atoms with Crippen LogP contribution in [0, 0.1) is 0 Å². The highest BCUT2D eigenvalue weighted by Crippen LogP contribution is 2.14. The van der Waals surface area contributed by atoms with E-state index in [9.17, 15) is 0 Å². The first-order chi connectivity index (χ1) is 5.86. The molecule has 0 aliphatic carbocycles. The highest BCUT2D eigenvalue weighted by molar-refractivity contribution is 5.82. The molecule has 0 aliphatic heterocycles. The smallest absolute Gasteiger partial charge is 0.101 e. The summed E-state index contributed by atoms with van der Waals surface area (Å²) in [6, 6.07) is 9.94. The first kappa shape index (κ1) is 8.65. The molecule has 2 nitrogen and oxygen atoms in total. The Kier molecular flexibility index (Phi) is 2.75. The summed E-state index contributed by atoms with van der Waals surface area (Å²) in [5, 5.41) is 1.17. The highest BCUT2D eigenvalue weighted by Gasteiger charge is 1.92. The summed E-state index contributed by atoms with van der Waals surface area (Å²) >= 11 is 0. The Hall–Kier alpha value is -1.44. The van der Waals surface area contributed by atoms with Crippen molar-refractivity contribution in [2.24, 2.45) is 0 Å². The van der Waals surface area contributed by atoms with Gasteiger partial charge in [0, 0.05) is 10.9 Å². The fourth-order valence-electron chi connectivity index (χ4n) is 1.10. The van der Waals surface area contributed by atoms with Crippen LogP contribution in [0.5, 0.6) is 0 Å². The fourth-order valence-corrected chi connectivity index (χ4v) is 1.10. The molecule has 0 bridgehead atoms. The summed E-state index contributed by atoms with van der Waals surface area (Å²) < 4.78 is 0. The number of nitrogens with two attached hydrogens (primary N) is 1. The minimum atomic E-state index is 0.723. The zero-order valence-corrected chi connectivity index (χ0v) is 7.46. The Morgan fingerprint density at radius 2 is 1.83 bits per heavy atom. The molecule has 0 spiro atoms. The van der Waals surface area contributed by atoms with Crippen LogP contribution in [0.1, 0.15) is 13.8 Å². The van der Waals surface area contributed by atoms with Crippen molar-refractivity contribution in [3.63, 3.8) is 0 Å². The topological polar surface area (TPSA) is 41.8 Å². The molecular formula is C10H14N2. The Morgan fingerprint density at radius 1 is 1.17 bits per heavy atom. The maximum Gasteiger partial charge on any atom is 0.101 e. The molecule has 1 heterocycles. The summed E-state index contributed by atoms with van der Waals surface area (Å²) in [4.78, 5) is 3.04. The number of nitrogens with one attached hydrogen (secondary N) is 1. The van der Waals surface area contributed by atoms with Crippen molar-refractivity contribution in [3.05, 3.63) is 30.3 Å². The number of benzene rings is 1. The molecule has 0 saturated carbocycles. The van der Waals surface area contributed by atoms with Gasteiger partial charge in [0.2, 0.25) is 0 Å². The van der Waals surface area contributed by atoms with Crippen LogP contribution >= 0.6 is 0 Å². The van der Waals surface area contributed by atoms with Crippen LogP contribution in [-0.2, 0) is 0 Å². The minimum Gasteiger partial charge on any atom is -0.385 e. The SMILES string of the molecule is CC.Nc1cc2ccccc2[nH]1. The third-order valence-electron chi connectivity index (χ3n) is 1.55. The first-order valence-electron chi connectivity index (χ1n) is 4.19. The van der Waals surface area contributed by atoms with Crippen LogP contribution in [0.3, 0.4) is 0 Å². The van der Waals surface area contributed by atoms with Gasteiger partial charge in [-0.05, 0) is 12.1 Å². The predicted molar refractivity (Wildman–Crippen MR) is 54.1 cm³/mol. The van der Waals surface area contributed by atoms with Crippen molar-refractivity contribution >= 4 is 16.7 Å². The van der Waals surface area contributed by atoms with E-state index in [0.717, 1.165) is 11.3 Å². The number of para-hydroxylation sites is 1. The molecule has 0 saturated heterocycles. The summed E-state index contributed by atoms with van der Waals surface area (Å²) in [6.45, 7) is 4.00. The van der Waals surface area contributed by atoms with Gasteiger partial charge < -0.3 is 10.7 Å². The minimum absolute atomic E-state index is 0.723. The third-order valence-corrected chi connectivity index (χ3v) is 1.55. The number of nitrogen functional groups attached to an aromatic ring is 1. The summed E-state index contributed by atoms with van der Waals surface area (Å²) in [7, 11) is 0. The number of rotatable bonds is 0. The average molecular weight is 162 g/mol. The molecule has 0 amide bonds. The largest absolute Gasteiger partial charge is 0.385 e. The van der Waals surface area contributed by atoms with Crippen molar-refractivity contribution in [2.75, 3.05) is 5.73 Å². The van der Waals surface area contributed by atoms with Gasteiger partial charge in [-0.15, -0.1) is 0 Å². The predicted octanol–water partition coefficient (Wildman–Crippen LogP) is 2.78. The van der Waals surface area contributed by atoms with E-state index in [1.54, 1.807) is 0 Å². The average Bonchev–Trinajstić information content (AvgIpc) is 2.48. The molecule has 0 unspecified atom stereocenters. The van der Waals surface area contributed by atoms with E-state index >= 15 is 0 Å². The molecule has 64 valence electrons. The molecule has 2 heteroatoms. The Morgan fingerprint density at radius 3 is 2.50 bits per heavy atom. The standard InChI is InChI=1S/C8H8N2.C2H6/c9-8-5-6-3-1-2-4-7(6)10-8;1-2/h1-5,10H,9H2;1-2H3. The molecule has 12 heavy (non-hydrogen) atoms. The zero-order valence-electron chi connectivity index (χ0n) is 7.46. The second-order valence-corrected chi connectivity index (χ2v) is 2.31. The normalized spacial score (nSPS) is 9.17. The van der Waals surface area contributed by atoms with E-state index in [0.29, 0.717) is 0 Å². The number of hydrogen-bond acceptors (Lipinski definition) is 1. The number of H-pyrrole nitrogens is 1. The van der Waals surface area contributed by atoms with E-state index in [1.165, 1.54) is 5.39 Å². The Labute approximate surface area is 72.4 Å². The van der Waals surface area contributed by atoms with Crippen molar-refractivity contribution < 1.29 is 0 Å². The first-order valence-corrected chi connectivity index (χ1v) is 4.19. The molecule has 0 radical (unpaired) electrons. The van der Waals surface area contributed by atoms with E-state index in [1.807, 2.05) is 44.2 Å². The van der Waals surface area contributed by atoms with Crippen LogP contribution in [0.25, 0.3) is 10.9 Å². The van der Waals surface area contributed by atoms with Crippen LogP contribution in [0.2, 0.25) is 0 Å². The maximum absolute atomic E-state index is 5.54. The van der Waals surface area contributed by atoms with E-state index in [-0.39, 0.29) is 0 Å².